The summed E-state index contributed by atoms with van der Waals surface area (Å²) in [6.07, 6.45) is 0.293. The van der Waals surface area contributed by atoms with Crippen LogP contribution in [0.3, 0.4) is 0 Å². The molecule has 0 radical (unpaired) electrons. The third-order valence-corrected chi connectivity index (χ3v) is 7.91. The van der Waals surface area contributed by atoms with Crippen molar-refractivity contribution in [3.8, 4) is 0 Å². The largest absolute Gasteiger partial charge is 0.357 e. The number of carbonyl (C=O) groups is 2. The molecule has 1 atom stereocenters. The van der Waals surface area contributed by atoms with Gasteiger partial charge in [-0.1, -0.05) is 42.8 Å². The number of hydrogen-bond donors (Lipinski definition) is 1. The molecule has 3 aromatic rings. The fraction of sp³-hybridized carbons (Fsp3) is 0.259. The monoisotopic (exact) mass is 545 g/mol. The summed E-state index contributed by atoms with van der Waals surface area (Å²) in [7, 11) is -2.71. The number of carbonyl (C=O) groups excluding carboxylic acids is 2. The van der Waals surface area contributed by atoms with Crippen LogP contribution in [0.4, 0.5) is 10.1 Å². The standard InChI is InChI=1S/C27H29ClFN3O4S/c1-4-25(27(34)30-3)31(17-20-8-12-22(29)13-9-20)26(33)18-32(23-7-5-6-19(2)16-23)37(35,36)24-14-10-21(28)11-15-24/h5-16,25H,4,17-18H2,1-3H3,(H,30,34). The van der Waals surface area contributed by atoms with Gasteiger partial charge in [0.1, 0.15) is 18.4 Å². The molecule has 10 heteroatoms. The molecule has 0 aliphatic rings. The maximum absolute atomic E-state index is 13.8. The van der Waals surface area contributed by atoms with Crippen LogP contribution in [-0.4, -0.2) is 44.8 Å². The van der Waals surface area contributed by atoms with E-state index in [-0.39, 0.29) is 17.3 Å². The number of likely N-dealkylation sites (N-methyl/N-ethyl adjacent to an activating group) is 1. The van der Waals surface area contributed by atoms with E-state index < -0.39 is 34.3 Å². The lowest BCUT2D eigenvalue weighted by Crippen LogP contribution is -2.51. The van der Waals surface area contributed by atoms with Gasteiger partial charge in [0.05, 0.1) is 10.6 Å². The molecule has 1 unspecified atom stereocenters. The maximum atomic E-state index is 13.8. The summed E-state index contributed by atoms with van der Waals surface area (Å²) in [5, 5.41) is 2.94. The number of anilines is 1. The summed E-state index contributed by atoms with van der Waals surface area (Å²) >= 11 is 5.96. The zero-order valence-corrected chi connectivity index (χ0v) is 22.4. The zero-order chi connectivity index (χ0) is 27.2. The van der Waals surface area contributed by atoms with E-state index in [0.717, 1.165) is 9.87 Å². The lowest BCUT2D eigenvalue weighted by molar-refractivity contribution is -0.140. The molecule has 1 N–H and O–H groups in total. The zero-order valence-electron chi connectivity index (χ0n) is 20.8. The molecule has 0 bridgehead atoms. The van der Waals surface area contributed by atoms with Crippen LogP contribution in [0.5, 0.6) is 0 Å². The van der Waals surface area contributed by atoms with Crippen LogP contribution >= 0.6 is 11.6 Å². The van der Waals surface area contributed by atoms with Crippen LogP contribution in [0.2, 0.25) is 5.02 Å². The first-order chi connectivity index (χ1) is 17.6. The summed E-state index contributed by atoms with van der Waals surface area (Å²) in [6, 6.07) is 17.2. The Kier molecular flexibility index (Phi) is 9.29. The van der Waals surface area contributed by atoms with Gasteiger partial charge in [-0.3, -0.25) is 13.9 Å². The van der Waals surface area contributed by atoms with Gasteiger partial charge in [0, 0.05) is 18.6 Å². The quantitative estimate of drug-likeness (QED) is 0.405. The van der Waals surface area contributed by atoms with Crippen LogP contribution in [0.25, 0.3) is 0 Å². The molecule has 0 fully saturated rings. The minimum absolute atomic E-state index is 0.00626. The summed E-state index contributed by atoms with van der Waals surface area (Å²) in [5.41, 5.74) is 1.71. The molecular weight excluding hydrogens is 517 g/mol. The van der Waals surface area contributed by atoms with E-state index >= 15 is 0 Å². The number of amides is 2. The third-order valence-electron chi connectivity index (χ3n) is 5.87. The summed E-state index contributed by atoms with van der Waals surface area (Å²) < 4.78 is 42.0. The molecule has 0 saturated carbocycles. The summed E-state index contributed by atoms with van der Waals surface area (Å²) in [6.45, 7) is 3.02. The SMILES string of the molecule is CCC(C(=O)NC)N(Cc1ccc(F)cc1)C(=O)CN(c1cccc(C)c1)S(=O)(=O)c1ccc(Cl)cc1. The highest BCUT2D eigenvalue weighted by Gasteiger charge is 2.33. The fourth-order valence-corrected chi connectivity index (χ4v) is 5.45. The van der Waals surface area contributed by atoms with Crippen molar-refractivity contribution in [2.24, 2.45) is 0 Å². The van der Waals surface area contributed by atoms with Gasteiger partial charge in [0.25, 0.3) is 10.0 Å². The number of benzene rings is 3. The van der Waals surface area contributed by atoms with Crippen molar-refractivity contribution in [2.75, 3.05) is 17.9 Å². The van der Waals surface area contributed by atoms with Crippen molar-refractivity contribution in [1.82, 2.24) is 10.2 Å². The van der Waals surface area contributed by atoms with Crippen molar-refractivity contribution < 1.29 is 22.4 Å². The van der Waals surface area contributed by atoms with Gasteiger partial charge in [0.15, 0.2) is 0 Å². The summed E-state index contributed by atoms with van der Waals surface area (Å²) in [4.78, 5) is 27.7. The minimum Gasteiger partial charge on any atom is -0.357 e. The molecule has 0 spiro atoms. The number of aryl methyl sites for hydroxylation is 1. The number of sulfonamides is 1. The van der Waals surface area contributed by atoms with Gasteiger partial charge in [-0.2, -0.15) is 0 Å². The van der Waals surface area contributed by atoms with Crippen LogP contribution in [0.1, 0.15) is 24.5 Å². The lowest BCUT2D eigenvalue weighted by atomic mass is 10.1. The third kappa shape index (κ3) is 6.87. The first kappa shape index (κ1) is 28.1. The second-order valence-corrected chi connectivity index (χ2v) is 10.8. The van der Waals surface area contributed by atoms with Gasteiger partial charge in [-0.15, -0.1) is 0 Å². The van der Waals surface area contributed by atoms with Gasteiger partial charge in [-0.05, 0) is 73.0 Å². The predicted molar refractivity (Wildman–Crippen MR) is 142 cm³/mol. The van der Waals surface area contributed by atoms with Crippen LogP contribution in [0.15, 0.2) is 77.7 Å². The van der Waals surface area contributed by atoms with E-state index in [2.05, 4.69) is 5.32 Å². The lowest BCUT2D eigenvalue weighted by Gasteiger charge is -2.33. The first-order valence-electron chi connectivity index (χ1n) is 11.7. The van der Waals surface area contributed by atoms with Crippen molar-refractivity contribution in [3.05, 3.63) is 94.8 Å². The van der Waals surface area contributed by atoms with Crippen molar-refractivity contribution in [3.63, 3.8) is 0 Å². The molecule has 0 aliphatic carbocycles. The molecule has 3 rings (SSSR count). The molecule has 0 aliphatic heterocycles. The molecule has 7 nitrogen and oxygen atoms in total. The molecule has 3 aromatic carbocycles. The van der Waals surface area contributed by atoms with E-state index in [0.29, 0.717) is 22.7 Å². The minimum atomic E-state index is -4.18. The molecule has 0 heterocycles. The predicted octanol–water partition coefficient (Wildman–Crippen LogP) is 4.54. The Morgan fingerprint density at radius 1 is 1.03 bits per heavy atom. The van der Waals surface area contributed by atoms with E-state index in [9.17, 15) is 22.4 Å². The van der Waals surface area contributed by atoms with Crippen LogP contribution < -0.4 is 9.62 Å². The molecule has 2 amide bonds. The highest BCUT2D eigenvalue weighted by atomic mass is 35.5. The van der Waals surface area contributed by atoms with E-state index in [1.54, 1.807) is 25.1 Å². The molecule has 37 heavy (non-hydrogen) atoms. The van der Waals surface area contributed by atoms with Crippen LogP contribution in [-0.2, 0) is 26.2 Å². The number of nitrogens with one attached hydrogen (secondary N) is 1. The molecular formula is C27H29ClFN3O4S. The Balaban J connectivity index is 2.05. The average Bonchev–Trinajstić information content (AvgIpc) is 2.88. The van der Waals surface area contributed by atoms with E-state index in [4.69, 9.17) is 11.6 Å². The number of rotatable bonds is 10. The number of halogens is 2. The van der Waals surface area contributed by atoms with Gasteiger partial charge < -0.3 is 10.2 Å². The Hall–Kier alpha value is -3.43. The normalized spacial score (nSPS) is 12.0. The fourth-order valence-electron chi connectivity index (χ4n) is 3.92. The van der Waals surface area contributed by atoms with Crippen LogP contribution in [0, 0.1) is 12.7 Å². The Morgan fingerprint density at radius 3 is 2.24 bits per heavy atom. The first-order valence-corrected chi connectivity index (χ1v) is 13.5. The Morgan fingerprint density at radius 2 is 1.68 bits per heavy atom. The highest BCUT2D eigenvalue weighted by molar-refractivity contribution is 7.92. The van der Waals surface area contributed by atoms with Crippen molar-refractivity contribution in [1.29, 1.82) is 0 Å². The van der Waals surface area contributed by atoms with E-state index in [1.807, 2.05) is 13.0 Å². The average molecular weight is 546 g/mol. The number of nitrogens with zero attached hydrogens (tertiary/aromatic N) is 2. The smallest absolute Gasteiger partial charge is 0.264 e. The van der Waals surface area contributed by atoms with Gasteiger partial charge >= 0.3 is 0 Å². The van der Waals surface area contributed by atoms with Crippen molar-refractivity contribution in [2.45, 2.75) is 37.8 Å². The van der Waals surface area contributed by atoms with Gasteiger partial charge in [0.2, 0.25) is 11.8 Å². The second-order valence-electron chi connectivity index (χ2n) is 8.49. The highest BCUT2D eigenvalue weighted by Crippen LogP contribution is 2.26. The topological polar surface area (TPSA) is 86.8 Å². The Bertz CT molecular complexity index is 1350. The Labute approximate surface area is 221 Å². The molecule has 0 aromatic heterocycles. The molecule has 0 saturated heterocycles. The summed E-state index contributed by atoms with van der Waals surface area (Å²) in [5.74, 6) is -1.40. The molecule has 196 valence electrons. The van der Waals surface area contributed by atoms with Gasteiger partial charge in [-0.25, -0.2) is 12.8 Å². The second kappa shape index (κ2) is 12.2. The maximum Gasteiger partial charge on any atom is 0.264 e. The van der Waals surface area contributed by atoms with E-state index in [1.165, 1.54) is 60.5 Å². The number of hydrogen-bond acceptors (Lipinski definition) is 4. The van der Waals surface area contributed by atoms with Crippen molar-refractivity contribution >= 4 is 39.1 Å².